The van der Waals surface area contributed by atoms with Crippen LogP contribution in [-0.2, 0) is 0 Å². The van der Waals surface area contributed by atoms with Gasteiger partial charge in [0.1, 0.15) is 0 Å². The average molecular weight is 261 g/mol. The molecule has 106 valence electrons. The average Bonchev–Trinajstić information content (AvgIpc) is 2.43. The summed E-state index contributed by atoms with van der Waals surface area (Å²) < 4.78 is 0. The number of anilines is 2. The molecule has 0 aromatic heterocycles. The Kier molecular flexibility index (Phi) is 5.52. The van der Waals surface area contributed by atoms with Gasteiger partial charge in [-0.05, 0) is 76.0 Å². The summed E-state index contributed by atoms with van der Waals surface area (Å²) in [5.74, 6) is 0. The molecule has 1 fully saturated rings. The molecule has 1 heterocycles. The van der Waals surface area contributed by atoms with Crippen molar-refractivity contribution in [3.8, 4) is 0 Å². The van der Waals surface area contributed by atoms with Crippen LogP contribution in [0.2, 0.25) is 0 Å². The van der Waals surface area contributed by atoms with Gasteiger partial charge in [0.15, 0.2) is 0 Å². The number of aryl methyl sites for hydroxylation is 1. The van der Waals surface area contributed by atoms with Crippen molar-refractivity contribution < 1.29 is 0 Å². The van der Waals surface area contributed by atoms with Gasteiger partial charge in [-0.15, -0.1) is 0 Å². The monoisotopic (exact) mass is 261 g/mol. The van der Waals surface area contributed by atoms with E-state index in [1.54, 1.807) is 0 Å². The summed E-state index contributed by atoms with van der Waals surface area (Å²) in [4.78, 5) is 2.61. The number of nitrogens with zero attached hydrogens (tertiary/aromatic N) is 1. The molecule has 0 amide bonds. The highest BCUT2D eigenvalue weighted by Crippen LogP contribution is 2.16. The summed E-state index contributed by atoms with van der Waals surface area (Å²) in [5, 5.41) is 3.48. The SMILES string of the molecule is Cc1cc(NCCCCN2CCCCC2)ccc1N. The third kappa shape index (κ3) is 4.75. The van der Waals surface area contributed by atoms with Gasteiger partial charge in [0, 0.05) is 17.9 Å². The first-order valence-corrected chi connectivity index (χ1v) is 7.58. The summed E-state index contributed by atoms with van der Waals surface area (Å²) in [7, 11) is 0. The second kappa shape index (κ2) is 7.39. The minimum absolute atomic E-state index is 0.871. The Balaban J connectivity index is 1.59. The van der Waals surface area contributed by atoms with E-state index in [1.165, 1.54) is 57.4 Å². The van der Waals surface area contributed by atoms with Crippen molar-refractivity contribution in [3.63, 3.8) is 0 Å². The van der Waals surface area contributed by atoms with E-state index >= 15 is 0 Å². The molecule has 1 aliphatic rings. The molecule has 0 radical (unpaired) electrons. The van der Waals surface area contributed by atoms with E-state index in [2.05, 4.69) is 29.3 Å². The first-order valence-electron chi connectivity index (χ1n) is 7.58. The molecule has 3 heteroatoms. The van der Waals surface area contributed by atoms with E-state index in [1.807, 2.05) is 6.07 Å². The summed E-state index contributed by atoms with van der Waals surface area (Å²) >= 11 is 0. The molecule has 1 saturated heterocycles. The number of rotatable bonds is 6. The lowest BCUT2D eigenvalue weighted by atomic mass is 10.1. The third-order valence-corrected chi connectivity index (χ3v) is 3.95. The summed E-state index contributed by atoms with van der Waals surface area (Å²) in [6.45, 7) is 6.99. The highest BCUT2D eigenvalue weighted by molar-refractivity contribution is 5.56. The molecular formula is C16H27N3. The highest BCUT2D eigenvalue weighted by atomic mass is 15.1. The number of hydrogen-bond donors (Lipinski definition) is 2. The molecule has 1 aliphatic heterocycles. The van der Waals surface area contributed by atoms with Crippen LogP contribution in [0.15, 0.2) is 18.2 Å². The van der Waals surface area contributed by atoms with Gasteiger partial charge in [-0.1, -0.05) is 6.42 Å². The van der Waals surface area contributed by atoms with Gasteiger partial charge in [-0.25, -0.2) is 0 Å². The number of unbranched alkanes of at least 4 members (excludes halogenated alkanes) is 1. The zero-order valence-electron chi connectivity index (χ0n) is 12.1. The van der Waals surface area contributed by atoms with Crippen LogP contribution < -0.4 is 11.1 Å². The standard InChI is InChI=1S/C16H27N3/c1-14-13-15(7-8-16(14)17)18-9-3-6-12-19-10-4-2-5-11-19/h7-8,13,18H,2-6,9-12,17H2,1H3. The Morgan fingerprint density at radius 3 is 2.68 bits per heavy atom. The Labute approximate surface area is 117 Å². The summed E-state index contributed by atoms with van der Waals surface area (Å²) in [5.41, 5.74) is 9.02. The van der Waals surface area contributed by atoms with Gasteiger partial charge >= 0.3 is 0 Å². The van der Waals surface area contributed by atoms with Gasteiger partial charge in [0.25, 0.3) is 0 Å². The van der Waals surface area contributed by atoms with Crippen molar-refractivity contribution in [2.24, 2.45) is 0 Å². The number of likely N-dealkylation sites (tertiary alicyclic amines) is 1. The number of nitrogen functional groups attached to an aromatic ring is 1. The molecular weight excluding hydrogens is 234 g/mol. The summed E-state index contributed by atoms with van der Waals surface area (Å²) in [6, 6.07) is 6.17. The van der Waals surface area contributed by atoms with E-state index < -0.39 is 0 Å². The minimum Gasteiger partial charge on any atom is -0.399 e. The van der Waals surface area contributed by atoms with Crippen molar-refractivity contribution in [2.45, 2.75) is 39.0 Å². The zero-order valence-corrected chi connectivity index (χ0v) is 12.1. The van der Waals surface area contributed by atoms with Crippen LogP contribution in [-0.4, -0.2) is 31.1 Å². The van der Waals surface area contributed by atoms with Crippen molar-refractivity contribution >= 4 is 11.4 Å². The maximum Gasteiger partial charge on any atom is 0.0345 e. The van der Waals surface area contributed by atoms with Crippen molar-refractivity contribution in [3.05, 3.63) is 23.8 Å². The fourth-order valence-corrected chi connectivity index (χ4v) is 2.66. The van der Waals surface area contributed by atoms with Crippen LogP contribution in [0.3, 0.4) is 0 Å². The second-order valence-corrected chi connectivity index (χ2v) is 5.61. The highest BCUT2D eigenvalue weighted by Gasteiger charge is 2.08. The second-order valence-electron chi connectivity index (χ2n) is 5.61. The molecule has 0 aliphatic carbocycles. The summed E-state index contributed by atoms with van der Waals surface area (Å²) in [6.07, 6.45) is 6.74. The van der Waals surface area contributed by atoms with Crippen molar-refractivity contribution in [1.29, 1.82) is 0 Å². The molecule has 3 nitrogen and oxygen atoms in total. The fourth-order valence-electron chi connectivity index (χ4n) is 2.66. The lowest BCUT2D eigenvalue weighted by Crippen LogP contribution is -2.30. The minimum atomic E-state index is 0.871. The van der Waals surface area contributed by atoms with E-state index in [9.17, 15) is 0 Å². The predicted molar refractivity (Wildman–Crippen MR) is 83.6 cm³/mol. The third-order valence-electron chi connectivity index (χ3n) is 3.95. The smallest absolute Gasteiger partial charge is 0.0345 e. The van der Waals surface area contributed by atoms with E-state index in [0.717, 1.165) is 17.8 Å². The predicted octanol–water partition coefficient (Wildman–Crippen LogP) is 3.26. The van der Waals surface area contributed by atoms with Crippen LogP contribution in [0, 0.1) is 6.92 Å². The molecule has 0 spiro atoms. The van der Waals surface area contributed by atoms with Crippen LogP contribution in [0.25, 0.3) is 0 Å². The first-order chi connectivity index (χ1) is 9.25. The molecule has 19 heavy (non-hydrogen) atoms. The molecule has 3 N–H and O–H groups in total. The molecule has 2 rings (SSSR count). The molecule has 0 saturated carbocycles. The van der Waals surface area contributed by atoms with Gasteiger partial charge < -0.3 is 16.0 Å². The van der Waals surface area contributed by atoms with E-state index in [4.69, 9.17) is 5.73 Å². The Hall–Kier alpha value is -1.22. The molecule has 0 unspecified atom stereocenters. The normalized spacial score (nSPS) is 16.5. The Morgan fingerprint density at radius 1 is 1.16 bits per heavy atom. The maximum atomic E-state index is 5.81. The Bertz CT molecular complexity index is 384. The molecule has 1 aromatic rings. The lowest BCUT2D eigenvalue weighted by molar-refractivity contribution is 0.225. The van der Waals surface area contributed by atoms with Crippen molar-refractivity contribution in [1.82, 2.24) is 4.90 Å². The van der Waals surface area contributed by atoms with Crippen molar-refractivity contribution in [2.75, 3.05) is 37.2 Å². The number of piperidine rings is 1. The zero-order chi connectivity index (χ0) is 13.5. The van der Waals surface area contributed by atoms with Gasteiger partial charge in [0.2, 0.25) is 0 Å². The van der Waals surface area contributed by atoms with Gasteiger partial charge in [-0.3, -0.25) is 0 Å². The lowest BCUT2D eigenvalue weighted by Gasteiger charge is -2.26. The van der Waals surface area contributed by atoms with Gasteiger partial charge in [0.05, 0.1) is 0 Å². The number of nitrogens with one attached hydrogen (secondary N) is 1. The van der Waals surface area contributed by atoms with E-state index in [0.29, 0.717) is 0 Å². The quantitative estimate of drug-likeness (QED) is 0.610. The molecule has 0 bridgehead atoms. The van der Waals surface area contributed by atoms with Crippen LogP contribution in [0.5, 0.6) is 0 Å². The van der Waals surface area contributed by atoms with Crippen LogP contribution in [0.1, 0.15) is 37.7 Å². The first kappa shape index (κ1) is 14.2. The number of hydrogen-bond acceptors (Lipinski definition) is 3. The maximum absolute atomic E-state index is 5.81. The topological polar surface area (TPSA) is 41.3 Å². The number of nitrogens with two attached hydrogens (primary N) is 1. The van der Waals surface area contributed by atoms with Crippen LogP contribution >= 0.6 is 0 Å². The Morgan fingerprint density at radius 2 is 1.95 bits per heavy atom. The fraction of sp³-hybridized carbons (Fsp3) is 0.625. The van der Waals surface area contributed by atoms with E-state index in [-0.39, 0.29) is 0 Å². The van der Waals surface area contributed by atoms with Gasteiger partial charge in [-0.2, -0.15) is 0 Å². The molecule has 1 aromatic carbocycles. The molecule has 0 atom stereocenters. The van der Waals surface area contributed by atoms with Crippen LogP contribution in [0.4, 0.5) is 11.4 Å². The number of benzene rings is 1. The largest absolute Gasteiger partial charge is 0.399 e.